The predicted molar refractivity (Wildman–Crippen MR) is 188 cm³/mol. The van der Waals surface area contributed by atoms with E-state index >= 15 is 0 Å². The Hall–Kier alpha value is -2.48. The highest BCUT2D eigenvalue weighted by atomic mass is 32.2. The van der Waals surface area contributed by atoms with Crippen molar-refractivity contribution in [2.75, 3.05) is 72.5 Å². The molecule has 0 aromatic heterocycles. The van der Waals surface area contributed by atoms with Gasteiger partial charge in [-0.1, -0.05) is 0 Å². The van der Waals surface area contributed by atoms with Crippen molar-refractivity contribution in [1.82, 2.24) is 0 Å². The number of esters is 4. The molecule has 0 bridgehead atoms. The second-order valence-corrected chi connectivity index (χ2v) is 14.3. The van der Waals surface area contributed by atoms with Crippen molar-refractivity contribution >= 4 is 70.9 Å². The van der Waals surface area contributed by atoms with Gasteiger partial charge in [-0.3, -0.25) is 19.2 Å². The lowest BCUT2D eigenvalue weighted by molar-refractivity contribution is -0.170. The van der Waals surface area contributed by atoms with Crippen LogP contribution in [-0.4, -0.2) is 96.3 Å². The summed E-state index contributed by atoms with van der Waals surface area (Å²) >= 11 is 6.12. The fourth-order valence-electron chi connectivity index (χ4n) is 3.03. The van der Waals surface area contributed by atoms with Gasteiger partial charge >= 0.3 is 23.9 Å². The van der Waals surface area contributed by atoms with Crippen LogP contribution in [0.4, 0.5) is 0 Å². The third-order valence-corrected chi connectivity index (χ3v) is 9.46. The standard InChI is InChI=1S/C33H44O8S4/c1-5-9-17-42-21-13-29(34)38-25-33(26-39-30(35)14-22-43-18-10-6-2,27-40-31(36)15-23-44-19-11-7-3)28-41-32(37)16-24-45-20-12-8-4/h1-4H,9-28H2. The van der Waals surface area contributed by atoms with Crippen LogP contribution in [0.5, 0.6) is 0 Å². The molecule has 0 aliphatic heterocycles. The van der Waals surface area contributed by atoms with E-state index in [0.717, 1.165) is 23.0 Å². The van der Waals surface area contributed by atoms with Crippen LogP contribution in [0.25, 0.3) is 0 Å². The molecule has 0 spiro atoms. The molecule has 0 saturated carbocycles. The third kappa shape index (κ3) is 26.4. The van der Waals surface area contributed by atoms with Gasteiger partial charge in [0.1, 0.15) is 31.8 Å². The Kier molecular flexibility index (Phi) is 28.5. The maximum absolute atomic E-state index is 12.6. The van der Waals surface area contributed by atoms with Crippen LogP contribution in [-0.2, 0) is 38.1 Å². The minimum Gasteiger partial charge on any atom is -0.465 e. The third-order valence-electron chi connectivity index (χ3n) is 5.52. The van der Waals surface area contributed by atoms with Crippen molar-refractivity contribution < 1.29 is 38.1 Å². The first kappa shape index (κ1) is 42.5. The summed E-state index contributed by atoms with van der Waals surface area (Å²) in [6, 6.07) is 0. The molecule has 0 N–H and O–H groups in total. The first-order valence-corrected chi connectivity index (χ1v) is 19.1. The van der Waals surface area contributed by atoms with Crippen molar-refractivity contribution in [3.8, 4) is 49.4 Å². The van der Waals surface area contributed by atoms with E-state index in [1.807, 2.05) is 0 Å². The van der Waals surface area contributed by atoms with Crippen LogP contribution in [0, 0.1) is 54.8 Å². The predicted octanol–water partition coefficient (Wildman–Crippen LogP) is 4.73. The fraction of sp³-hybridized carbons (Fsp3) is 0.636. The van der Waals surface area contributed by atoms with Crippen LogP contribution in [0.15, 0.2) is 0 Å². The number of rotatable bonds is 28. The smallest absolute Gasteiger partial charge is 0.306 e. The normalized spacial score (nSPS) is 10.4. The van der Waals surface area contributed by atoms with E-state index < -0.39 is 29.3 Å². The molecule has 0 amide bonds. The monoisotopic (exact) mass is 696 g/mol. The Balaban J connectivity index is 5.52. The van der Waals surface area contributed by atoms with Crippen LogP contribution >= 0.6 is 47.0 Å². The fourth-order valence-corrected chi connectivity index (χ4v) is 6.14. The first-order chi connectivity index (χ1) is 21.8. The maximum atomic E-state index is 12.6. The molecule has 248 valence electrons. The zero-order chi connectivity index (χ0) is 33.4. The number of carbonyl (C=O) groups is 4. The van der Waals surface area contributed by atoms with Gasteiger partial charge in [-0.05, 0) is 0 Å². The quantitative estimate of drug-likeness (QED) is 0.0489. The van der Waals surface area contributed by atoms with E-state index in [1.165, 1.54) is 47.0 Å². The van der Waals surface area contributed by atoms with Crippen molar-refractivity contribution in [1.29, 1.82) is 0 Å². The summed E-state index contributed by atoms with van der Waals surface area (Å²) in [5.41, 5.74) is -1.31. The molecule has 0 aromatic carbocycles. The molecular formula is C33H44O8S4. The highest BCUT2D eigenvalue weighted by Gasteiger charge is 2.38. The Labute approximate surface area is 286 Å². The zero-order valence-corrected chi connectivity index (χ0v) is 29.1. The zero-order valence-electron chi connectivity index (χ0n) is 25.9. The second kappa shape index (κ2) is 30.2. The van der Waals surface area contributed by atoms with E-state index in [0.29, 0.717) is 48.7 Å². The van der Waals surface area contributed by atoms with Gasteiger partial charge in [0.25, 0.3) is 0 Å². The number of terminal acetylenes is 4. The molecule has 0 aliphatic rings. The molecule has 0 heterocycles. The molecule has 12 heteroatoms. The summed E-state index contributed by atoms with van der Waals surface area (Å²) in [7, 11) is 0. The van der Waals surface area contributed by atoms with Gasteiger partial charge in [-0.25, -0.2) is 0 Å². The average Bonchev–Trinajstić information content (AvgIpc) is 3.03. The van der Waals surface area contributed by atoms with Crippen LogP contribution < -0.4 is 0 Å². The SMILES string of the molecule is C#CCCSCCC(=O)OCC(COC(=O)CCSCCC#C)(COC(=O)CCSCCC#C)COC(=O)CCSCCC#C. The lowest BCUT2D eigenvalue weighted by Gasteiger charge is -2.31. The Morgan fingerprint density at radius 2 is 0.644 bits per heavy atom. The highest BCUT2D eigenvalue weighted by Crippen LogP contribution is 2.23. The van der Waals surface area contributed by atoms with Crippen LogP contribution in [0.1, 0.15) is 51.4 Å². The van der Waals surface area contributed by atoms with Gasteiger partial charge in [-0.15, -0.1) is 49.4 Å². The minimum absolute atomic E-state index is 0.128. The first-order valence-electron chi connectivity index (χ1n) is 14.5. The lowest BCUT2D eigenvalue weighted by Crippen LogP contribution is -2.44. The molecule has 0 saturated heterocycles. The number of thioether (sulfide) groups is 4. The Bertz CT molecular complexity index is 870. The summed E-state index contributed by atoms with van der Waals surface area (Å²) in [5.74, 6) is 13.2. The summed E-state index contributed by atoms with van der Waals surface area (Å²) in [4.78, 5) is 50.3. The average molecular weight is 697 g/mol. The number of hydrogen-bond donors (Lipinski definition) is 0. The van der Waals surface area contributed by atoms with Gasteiger partial charge in [0.15, 0.2) is 0 Å². The van der Waals surface area contributed by atoms with Crippen molar-refractivity contribution in [2.45, 2.75) is 51.4 Å². The molecule has 8 nitrogen and oxygen atoms in total. The van der Waals surface area contributed by atoms with E-state index in [1.54, 1.807) is 0 Å². The number of ether oxygens (including phenoxy) is 4. The van der Waals surface area contributed by atoms with Crippen molar-refractivity contribution in [2.24, 2.45) is 5.41 Å². The molecule has 45 heavy (non-hydrogen) atoms. The summed E-state index contributed by atoms with van der Waals surface area (Å²) < 4.78 is 22.2. The molecule has 0 atom stereocenters. The highest BCUT2D eigenvalue weighted by molar-refractivity contribution is 7.99. The van der Waals surface area contributed by atoms with Crippen LogP contribution in [0.3, 0.4) is 0 Å². The van der Waals surface area contributed by atoms with Gasteiger partial charge in [0.2, 0.25) is 0 Å². The van der Waals surface area contributed by atoms with Crippen molar-refractivity contribution in [3.05, 3.63) is 0 Å². The Morgan fingerprint density at radius 1 is 0.422 bits per heavy atom. The topological polar surface area (TPSA) is 105 Å². The second-order valence-electron chi connectivity index (χ2n) is 9.41. The summed E-state index contributed by atoms with van der Waals surface area (Å²) in [6.45, 7) is -1.17. The van der Waals surface area contributed by atoms with E-state index in [-0.39, 0.29) is 52.1 Å². The number of carbonyl (C=O) groups excluding carboxylic acids is 4. The molecule has 0 unspecified atom stereocenters. The summed E-state index contributed by atoms with van der Waals surface area (Å²) in [5, 5.41) is 0. The maximum Gasteiger partial charge on any atom is 0.306 e. The molecule has 0 rings (SSSR count). The molecule has 0 radical (unpaired) electrons. The lowest BCUT2D eigenvalue weighted by atomic mass is 9.92. The molecule has 0 aromatic rings. The molecule has 0 fully saturated rings. The largest absolute Gasteiger partial charge is 0.465 e. The van der Waals surface area contributed by atoms with E-state index in [4.69, 9.17) is 44.6 Å². The van der Waals surface area contributed by atoms with Gasteiger partial charge in [0, 0.05) is 71.7 Å². The number of hydrogen-bond acceptors (Lipinski definition) is 12. The summed E-state index contributed by atoms with van der Waals surface area (Å²) in [6.07, 6.45) is 24.0. The van der Waals surface area contributed by atoms with Gasteiger partial charge in [0.05, 0.1) is 25.7 Å². The Morgan fingerprint density at radius 3 is 0.844 bits per heavy atom. The molecule has 0 aliphatic carbocycles. The van der Waals surface area contributed by atoms with Crippen molar-refractivity contribution in [3.63, 3.8) is 0 Å². The van der Waals surface area contributed by atoms with Crippen LogP contribution in [0.2, 0.25) is 0 Å². The minimum atomic E-state index is -1.31. The molecular weight excluding hydrogens is 653 g/mol. The van der Waals surface area contributed by atoms with Gasteiger partial charge < -0.3 is 18.9 Å². The van der Waals surface area contributed by atoms with E-state index in [2.05, 4.69) is 23.7 Å². The van der Waals surface area contributed by atoms with E-state index in [9.17, 15) is 19.2 Å². The van der Waals surface area contributed by atoms with Gasteiger partial charge in [-0.2, -0.15) is 47.0 Å².